The van der Waals surface area contributed by atoms with Crippen molar-refractivity contribution in [1.29, 1.82) is 0 Å². The van der Waals surface area contributed by atoms with Crippen molar-refractivity contribution in [2.45, 2.75) is 32.2 Å². The van der Waals surface area contributed by atoms with Gasteiger partial charge >= 0.3 is 0 Å². The Kier molecular flexibility index (Phi) is 5.59. The van der Waals surface area contributed by atoms with E-state index in [4.69, 9.17) is 4.42 Å². The average Bonchev–Trinajstić information content (AvgIpc) is 3.34. The van der Waals surface area contributed by atoms with E-state index >= 15 is 0 Å². The minimum Gasteiger partial charge on any atom is -0.459 e. The number of thiophene rings is 1. The summed E-state index contributed by atoms with van der Waals surface area (Å²) >= 11 is 1.54. The normalized spacial score (nSPS) is 16.1. The van der Waals surface area contributed by atoms with Gasteiger partial charge in [-0.05, 0) is 68.8 Å². The molecule has 0 radical (unpaired) electrons. The van der Waals surface area contributed by atoms with E-state index in [0.717, 1.165) is 46.9 Å². The zero-order valence-corrected chi connectivity index (χ0v) is 16.6. The number of nitrogens with zero attached hydrogens (tertiary/aromatic N) is 1. The molecule has 0 aliphatic carbocycles. The van der Waals surface area contributed by atoms with Crippen LogP contribution < -0.4 is 5.32 Å². The third-order valence-corrected chi connectivity index (χ3v) is 6.05. The summed E-state index contributed by atoms with van der Waals surface area (Å²) in [6.07, 6.45) is 4.96. The van der Waals surface area contributed by atoms with E-state index in [1.54, 1.807) is 24.3 Å². The Hall–Kier alpha value is -2.44. The minimum atomic E-state index is -0.273. The molecule has 1 aliphatic heterocycles. The molecule has 28 heavy (non-hydrogen) atoms. The molecule has 1 N–H and O–H groups in total. The number of likely N-dealkylation sites (tertiary alicyclic amines) is 1. The molecular formula is C22H23FN2O2S. The monoisotopic (exact) mass is 398 g/mol. The van der Waals surface area contributed by atoms with Crippen molar-refractivity contribution in [2.24, 2.45) is 0 Å². The first-order valence-electron chi connectivity index (χ1n) is 9.56. The number of furan rings is 1. The van der Waals surface area contributed by atoms with Crippen molar-refractivity contribution in [3.8, 4) is 0 Å². The Balaban J connectivity index is 1.72. The van der Waals surface area contributed by atoms with E-state index in [1.165, 1.54) is 30.1 Å². The predicted molar refractivity (Wildman–Crippen MR) is 109 cm³/mol. The molecule has 1 amide bonds. The summed E-state index contributed by atoms with van der Waals surface area (Å²) < 4.78 is 19.2. The summed E-state index contributed by atoms with van der Waals surface area (Å²) in [5.41, 5.74) is 1.92. The summed E-state index contributed by atoms with van der Waals surface area (Å²) in [5.74, 6) is -0.241. The van der Waals surface area contributed by atoms with Crippen molar-refractivity contribution < 1.29 is 13.6 Å². The minimum absolute atomic E-state index is 0.0900. The molecular weight excluding hydrogens is 375 g/mol. The van der Waals surface area contributed by atoms with Crippen LogP contribution in [0.1, 0.15) is 51.9 Å². The number of nitrogens with one attached hydrogen (secondary N) is 1. The molecule has 6 heteroatoms. The van der Waals surface area contributed by atoms with Crippen LogP contribution in [0.5, 0.6) is 0 Å². The quantitative estimate of drug-likeness (QED) is 0.607. The number of amides is 1. The number of rotatable bonds is 5. The highest BCUT2D eigenvalue weighted by atomic mass is 32.1. The van der Waals surface area contributed by atoms with E-state index in [0.29, 0.717) is 0 Å². The number of hydrogen-bond acceptors (Lipinski definition) is 4. The molecule has 4 nitrogen and oxygen atoms in total. The van der Waals surface area contributed by atoms with Gasteiger partial charge in [-0.15, -0.1) is 11.3 Å². The van der Waals surface area contributed by atoms with E-state index in [-0.39, 0.29) is 23.5 Å². The number of benzene rings is 1. The van der Waals surface area contributed by atoms with Crippen LogP contribution in [0.15, 0.2) is 53.1 Å². The SMILES string of the molecule is Cc1cc([C@@H](c2cccc(F)c2)N2CCCCC2)c(NC(=O)c2ccco2)s1. The first-order valence-corrected chi connectivity index (χ1v) is 10.4. The van der Waals surface area contributed by atoms with Gasteiger partial charge in [-0.1, -0.05) is 18.6 Å². The Morgan fingerprint density at radius 3 is 2.71 bits per heavy atom. The molecule has 3 aromatic rings. The van der Waals surface area contributed by atoms with Crippen LogP contribution in [-0.2, 0) is 0 Å². The fraction of sp³-hybridized carbons (Fsp3) is 0.318. The van der Waals surface area contributed by atoms with Gasteiger partial charge in [0.1, 0.15) is 10.8 Å². The summed E-state index contributed by atoms with van der Waals surface area (Å²) in [7, 11) is 0. The predicted octanol–water partition coefficient (Wildman–Crippen LogP) is 5.62. The number of aryl methyl sites for hydroxylation is 1. The second kappa shape index (κ2) is 8.29. The van der Waals surface area contributed by atoms with Crippen LogP contribution >= 0.6 is 11.3 Å². The average molecular weight is 399 g/mol. The zero-order valence-electron chi connectivity index (χ0n) is 15.8. The van der Waals surface area contributed by atoms with Crippen molar-refractivity contribution in [2.75, 3.05) is 18.4 Å². The largest absolute Gasteiger partial charge is 0.459 e. The van der Waals surface area contributed by atoms with Crippen LogP contribution in [0.25, 0.3) is 0 Å². The Morgan fingerprint density at radius 1 is 1.18 bits per heavy atom. The third kappa shape index (κ3) is 4.03. The fourth-order valence-corrected chi connectivity index (χ4v) is 4.79. The van der Waals surface area contributed by atoms with Gasteiger partial charge in [-0.2, -0.15) is 0 Å². The summed E-state index contributed by atoms with van der Waals surface area (Å²) in [6.45, 7) is 3.94. The molecule has 1 saturated heterocycles. The lowest BCUT2D eigenvalue weighted by Crippen LogP contribution is -2.34. The second-order valence-corrected chi connectivity index (χ2v) is 8.38. The van der Waals surface area contributed by atoms with Crippen LogP contribution in [0.2, 0.25) is 0 Å². The molecule has 0 unspecified atom stereocenters. The summed E-state index contributed by atoms with van der Waals surface area (Å²) in [4.78, 5) is 16.0. The molecule has 0 saturated carbocycles. The summed E-state index contributed by atoms with van der Waals surface area (Å²) in [6, 6.07) is 12.1. The number of carbonyl (C=O) groups excluding carboxylic acids is 1. The fourth-order valence-electron chi connectivity index (χ4n) is 3.85. The van der Waals surface area contributed by atoms with Gasteiger partial charge in [-0.3, -0.25) is 9.69 Å². The molecule has 146 valence electrons. The van der Waals surface area contributed by atoms with Crippen molar-refractivity contribution in [3.05, 3.63) is 76.3 Å². The number of carbonyl (C=O) groups is 1. The molecule has 0 bridgehead atoms. The molecule has 1 aliphatic rings. The van der Waals surface area contributed by atoms with E-state index < -0.39 is 0 Å². The van der Waals surface area contributed by atoms with Gasteiger partial charge in [0.05, 0.1) is 12.3 Å². The van der Waals surface area contributed by atoms with Gasteiger partial charge in [0.15, 0.2) is 5.76 Å². The first-order chi connectivity index (χ1) is 13.6. The van der Waals surface area contributed by atoms with Gasteiger partial charge in [0, 0.05) is 10.4 Å². The summed E-state index contributed by atoms with van der Waals surface area (Å²) in [5, 5.41) is 3.79. The Bertz CT molecular complexity index is 945. The van der Waals surface area contributed by atoms with Crippen LogP contribution in [0, 0.1) is 12.7 Å². The first kappa shape index (κ1) is 18.9. The van der Waals surface area contributed by atoms with Gasteiger partial charge in [0.25, 0.3) is 5.91 Å². The molecule has 4 rings (SSSR count). The second-order valence-electron chi connectivity index (χ2n) is 7.13. The van der Waals surface area contributed by atoms with Gasteiger partial charge in [-0.25, -0.2) is 4.39 Å². The topological polar surface area (TPSA) is 45.5 Å². The molecule has 1 aromatic carbocycles. The highest BCUT2D eigenvalue weighted by Crippen LogP contribution is 2.40. The molecule has 3 heterocycles. The number of hydrogen-bond donors (Lipinski definition) is 1. The molecule has 1 fully saturated rings. The lowest BCUT2D eigenvalue weighted by Gasteiger charge is -2.35. The number of anilines is 1. The maximum Gasteiger partial charge on any atom is 0.291 e. The zero-order chi connectivity index (χ0) is 19.5. The standard InChI is InChI=1S/C22H23FN2O2S/c1-15-13-18(22(28-15)24-21(26)19-9-6-12-27-19)20(25-10-3-2-4-11-25)16-7-5-8-17(23)14-16/h5-9,12-14,20H,2-4,10-11H2,1H3,(H,24,26)/t20-/m1/s1. The van der Waals surface area contributed by atoms with Crippen LogP contribution in [-0.4, -0.2) is 23.9 Å². The van der Waals surface area contributed by atoms with E-state index in [1.807, 2.05) is 13.0 Å². The van der Waals surface area contributed by atoms with E-state index in [2.05, 4.69) is 16.3 Å². The molecule has 0 spiro atoms. The number of halogens is 1. The lowest BCUT2D eigenvalue weighted by atomic mass is 9.96. The van der Waals surface area contributed by atoms with E-state index in [9.17, 15) is 9.18 Å². The molecule has 1 atom stereocenters. The third-order valence-electron chi connectivity index (χ3n) is 5.07. The Labute approximate surface area is 168 Å². The van der Waals surface area contributed by atoms with Crippen LogP contribution in [0.3, 0.4) is 0 Å². The van der Waals surface area contributed by atoms with Crippen molar-refractivity contribution in [1.82, 2.24) is 4.90 Å². The van der Waals surface area contributed by atoms with Gasteiger partial charge in [0.2, 0.25) is 0 Å². The maximum atomic E-state index is 14.0. The van der Waals surface area contributed by atoms with Crippen molar-refractivity contribution >= 4 is 22.2 Å². The highest BCUT2D eigenvalue weighted by molar-refractivity contribution is 7.16. The highest BCUT2D eigenvalue weighted by Gasteiger charge is 2.28. The van der Waals surface area contributed by atoms with Crippen LogP contribution in [0.4, 0.5) is 9.39 Å². The van der Waals surface area contributed by atoms with Gasteiger partial charge < -0.3 is 9.73 Å². The number of piperidine rings is 1. The smallest absolute Gasteiger partial charge is 0.291 e. The van der Waals surface area contributed by atoms with Crippen molar-refractivity contribution in [3.63, 3.8) is 0 Å². The maximum absolute atomic E-state index is 14.0. The molecule has 2 aromatic heterocycles. The Morgan fingerprint density at radius 2 is 2.00 bits per heavy atom. The lowest BCUT2D eigenvalue weighted by molar-refractivity contribution is 0.0996.